The number of alkyl halides is 2. The van der Waals surface area contributed by atoms with Crippen LogP contribution in [-0.2, 0) is 9.53 Å². The SMILES string of the molecule is CC(c1ccccc1)N1C(CCCCC(F)F)C(=O)N(C(=O)OC(C)(C)C)[C@H]1c1c(Cl)cccc1Cl. The third kappa shape index (κ3) is 6.55. The summed E-state index contributed by atoms with van der Waals surface area (Å²) in [6, 6.07) is 13.5. The van der Waals surface area contributed by atoms with Crippen LogP contribution in [0.4, 0.5) is 13.6 Å². The number of benzene rings is 2. The predicted octanol–water partition coefficient (Wildman–Crippen LogP) is 8.03. The lowest BCUT2D eigenvalue weighted by Crippen LogP contribution is -2.41. The molecule has 0 saturated carbocycles. The summed E-state index contributed by atoms with van der Waals surface area (Å²) in [5.41, 5.74) is 0.484. The number of amides is 2. The number of ether oxygens (including phenoxy) is 1. The van der Waals surface area contributed by atoms with Gasteiger partial charge in [0.15, 0.2) is 0 Å². The number of halogens is 4. The molecule has 3 rings (SSSR count). The predicted molar refractivity (Wildman–Crippen MR) is 137 cm³/mol. The summed E-state index contributed by atoms with van der Waals surface area (Å²) in [5, 5.41) is 0.606. The van der Waals surface area contributed by atoms with Gasteiger partial charge < -0.3 is 4.74 Å². The van der Waals surface area contributed by atoms with Crippen LogP contribution in [-0.4, -0.2) is 39.9 Å². The first kappa shape index (κ1) is 28.4. The van der Waals surface area contributed by atoms with Crippen molar-refractivity contribution in [2.24, 2.45) is 0 Å². The zero-order valence-electron chi connectivity index (χ0n) is 20.9. The second-order valence-electron chi connectivity index (χ2n) is 9.92. The van der Waals surface area contributed by atoms with E-state index in [1.165, 1.54) is 0 Å². The topological polar surface area (TPSA) is 49.9 Å². The van der Waals surface area contributed by atoms with Crippen molar-refractivity contribution in [3.63, 3.8) is 0 Å². The number of imide groups is 1. The minimum atomic E-state index is -2.41. The van der Waals surface area contributed by atoms with Crippen LogP contribution in [0.2, 0.25) is 10.0 Å². The molecule has 2 unspecified atom stereocenters. The number of hydrogen-bond donors (Lipinski definition) is 0. The van der Waals surface area contributed by atoms with Crippen LogP contribution in [0.15, 0.2) is 48.5 Å². The third-order valence-corrected chi connectivity index (χ3v) is 6.80. The van der Waals surface area contributed by atoms with Crippen LogP contribution in [0.25, 0.3) is 0 Å². The van der Waals surface area contributed by atoms with E-state index in [2.05, 4.69) is 0 Å². The first-order valence-electron chi connectivity index (χ1n) is 12.0. The van der Waals surface area contributed by atoms with Crippen molar-refractivity contribution in [2.45, 2.75) is 83.7 Å². The molecule has 2 aromatic carbocycles. The summed E-state index contributed by atoms with van der Waals surface area (Å²) in [6.45, 7) is 7.09. The molecule has 0 radical (unpaired) electrons. The Labute approximate surface area is 221 Å². The molecule has 1 saturated heterocycles. The van der Waals surface area contributed by atoms with Gasteiger partial charge in [0.1, 0.15) is 11.8 Å². The highest BCUT2D eigenvalue weighted by atomic mass is 35.5. The number of carbonyl (C=O) groups is 2. The van der Waals surface area contributed by atoms with E-state index in [4.69, 9.17) is 27.9 Å². The Kier molecular flexibility index (Phi) is 9.36. The van der Waals surface area contributed by atoms with Gasteiger partial charge in [0.2, 0.25) is 6.43 Å². The second kappa shape index (κ2) is 11.9. The molecule has 2 amide bonds. The summed E-state index contributed by atoms with van der Waals surface area (Å²) in [4.78, 5) is 30.3. The van der Waals surface area contributed by atoms with Crippen molar-refractivity contribution >= 4 is 35.2 Å². The highest BCUT2D eigenvalue weighted by Gasteiger charge is 2.53. The zero-order valence-corrected chi connectivity index (χ0v) is 22.4. The third-order valence-electron chi connectivity index (χ3n) is 6.14. The Morgan fingerprint density at radius 3 is 2.19 bits per heavy atom. The van der Waals surface area contributed by atoms with Gasteiger partial charge in [-0.25, -0.2) is 18.5 Å². The van der Waals surface area contributed by atoms with E-state index in [1.54, 1.807) is 39.0 Å². The van der Waals surface area contributed by atoms with E-state index < -0.39 is 36.2 Å². The quantitative estimate of drug-likeness (QED) is 0.318. The monoisotopic (exact) mass is 540 g/mol. The van der Waals surface area contributed by atoms with Crippen molar-refractivity contribution in [3.8, 4) is 0 Å². The Balaban J connectivity index is 2.13. The molecule has 1 aliphatic heterocycles. The number of hydrogen-bond acceptors (Lipinski definition) is 4. The zero-order chi connectivity index (χ0) is 26.6. The van der Waals surface area contributed by atoms with Crippen molar-refractivity contribution in [1.82, 2.24) is 9.80 Å². The van der Waals surface area contributed by atoms with Gasteiger partial charge in [-0.3, -0.25) is 9.69 Å². The summed E-state index contributed by atoms with van der Waals surface area (Å²) < 4.78 is 31.1. The van der Waals surface area contributed by atoms with Gasteiger partial charge in [0, 0.05) is 28.1 Å². The van der Waals surface area contributed by atoms with Crippen LogP contribution < -0.4 is 0 Å². The Hall–Kier alpha value is -2.22. The normalized spacial score (nSPS) is 19.7. The van der Waals surface area contributed by atoms with Crippen LogP contribution in [0.1, 0.15) is 76.7 Å². The van der Waals surface area contributed by atoms with Gasteiger partial charge in [-0.2, -0.15) is 0 Å². The van der Waals surface area contributed by atoms with E-state index in [0.717, 1.165) is 10.5 Å². The standard InChI is InChI=1S/C27H32Cl2F2N2O3/c1-17(18-11-6-5-7-12-18)32-21(15-8-9-16-22(30)31)25(34)33(26(35)36-27(2,3)4)24(32)23-19(28)13-10-14-20(23)29/h5-7,10-14,17,21-22,24H,8-9,15-16H2,1-4H3/t17?,21?,24-/m0/s1. The van der Waals surface area contributed by atoms with Gasteiger partial charge >= 0.3 is 6.09 Å². The van der Waals surface area contributed by atoms with Gasteiger partial charge in [0.05, 0.1) is 6.04 Å². The number of unbranched alkanes of at least 4 members (excludes halogenated alkanes) is 1. The minimum absolute atomic E-state index is 0.245. The molecule has 0 bridgehead atoms. The smallest absolute Gasteiger partial charge is 0.418 e. The molecule has 0 aliphatic carbocycles. The molecule has 2 aromatic rings. The molecule has 3 atom stereocenters. The van der Waals surface area contributed by atoms with Crippen LogP contribution in [0.3, 0.4) is 0 Å². The van der Waals surface area contributed by atoms with E-state index in [9.17, 15) is 18.4 Å². The molecule has 9 heteroatoms. The fourth-order valence-electron chi connectivity index (χ4n) is 4.54. The Morgan fingerprint density at radius 2 is 1.64 bits per heavy atom. The average molecular weight is 541 g/mol. The van der Waals surface area contributed by atoms with Gasteiger partial charge in [0.25, 0.3) is 5.91 Å². The van der Waals surface area contributed by atoms with Crippen LogP contribution in [0, 0.1) is 0 Å². The average Bonchev–Trinajstić information content (AvgIpc) is 3.07. The highest BCUT2D eigenvalue weighted by Crippen LogP contribution is 2.47. The lowest BCUT2D eigenvalue weighted by Gasteiger charge is -2.36. The number of carbonyl (C=O) groups excluding carboxylic acids is 2. The Morgan fingerprint density at radius 1 is 1.03 bits per heavy atom. The maximum absolute atomic E-state index is 13.9. The highest BCUT2D eigenvalue weighted by molar-refractivity contribution is 6.36. The molecule has 1 aliphatic rings. The maximum Gasteiger partial charge on any atom is 0.418 e. The molecule has 0 N–H and O–H groups in total. The molecule has 1 fully saturated rings. The first-order valence-corrected chi connectivity index (χ1v) is 12.8. The second-order valence-corrected chi connectivity index (χ2v) is 10.7. The molecule has 0 spiro atoms. The van der Waals surface area contributed by atoms with Crippen molar-refractivity contribution in [1.29, 1.82) is 0 Å². The minimum Gasteiger partial charge on any atom is -0.443 e. The van der Waals surface area contributed by atoms with Crippen LogP contribution >= 0.6 is 23.2 Å². The number of nitrogens with zero attached hydrogens (tertiary/aromatic N) is 2. The fraction of sp³-hybridized carbons (Fsp3) is 0.481. The van der Waals surface area contributed by atoms with Crippen LogP contribution in [0.5, 0.6) is 0 Å². The summed E-state index contributed by atoms with van der Waals surface area (Å²) in [5.74, 6) is -0.468. The van der Waals surface area contributed by atoms with Crippen molar-refractivity contribution in [2.75, 3.05) is 0 Å². The lowest BCUT2D eigenvalue weighted by atomic mass is 10.0. The van der Waals surface area contributed by atoms with E-state index in [0.29, 0.717) is 28.5 Å². The molecular formula is C27H32Cl2F2N2O3. The van der Waals surface area contributed by atoms with Gasteiger partial charge in [-0.05, 0) is 58.2 Å². The molecule has 1 heterocycles. The molecule has 5 nitrogen and oxygen atoms in total. The maximum atomic E-state index is 13.9. The van der Waals surface area contributed by atoms with E-state index >= 15 is 0 Å². The van der Waals surface area contributed by atoms with Crippen molar-refractivity contribution < 1.29 is 23.1 Å². The molecule has 36 heavy (non-hydrogen) atoms. The largest absolute Gasteiger partial charge is 0.443 e. The fourth-order valence-corrected chi connectivity index (χ4v) is 5.14. The first-order chi connectivity index (χ1) is 16.9. The van der Waals surface area contributed by atoms with Gasteiger partial charge in [-0.15, -0.1) is 0 Å². The lowest BCUT2D eigenvalue weighted by molar-refractivity contribution is -0.129. The van der Waals surface area contributed by atoms with E-state index in [-0.39, 0.29) is 18.9 Å². The van der Waals surface area contributed by atoms with Gasteiger partial charge in [-0.1, -0.05) is 66.0 Å². The molecule has 0 aromatic heterocycles. The number of rotatable bonds is 8. The summed E-state index contributed by atoms with van der Waals surface area (Å²) >= 11 is 13.2. The van der Waals surface area contributed by atoms with E-state index in [1.807, 2.05) is 42.2 Å². The Bertz CT molecular complexity index is 1040. The molecular weight excluding hydrogens is 509 g/mol. The van der Waals surface area contributed by atoms with Crippen molar-refractivity contribution in [3.05, 3.63) is 69.7 Å². The molecule has 196 valence electrons. The summed E-state index contributed by atoms with van der Waals surface area (Å²) in [6.07, 6.45) is -3.46. The summed E-state index contributed by atoms with van der Waals surface area (Å²) in [7, 11) is 0.